The van der Waals surface area contributed by atoms with Crippen LogP contribution in [0.2, 0.25) is 0 Å². The first-order valence-electron chi connectivity index (χ1n) is 3.31. The Morgan fingerprint density at radius 2 is 1.56 bits per heavy atom. The molecule has 2 aliphatic rings. The van der Waals surface area contributed by atoms with Crippen molar-refractivity contribution in [3.05, 3.63) is 0 Å². The van der Waals surface area contributed by atoms with Crippen molar-refractivity contribution in [2.24, 2.45) is 0 Å². The molecule has 0 radical (unpaired) electrons. The van der Waals surface area contributed by atoms with Gasteiger partial charge in [0, 0.05) is 13.0 Å². The van der Waals surface area contributed by atoms with Crippen LogP contribution in [0.25, 0.3) is 0 Å². The lowest BCUT2D eigenvalue weighted by atomic mass is 10.2. The van der Waals surface area contributed by atoms with Gasteiger partial charge in [-0.15, -0.1) is 0 Å². The van der Waals surface area contributed by atoms with Crippen LogP contribution < -0.4 is 0 Å². The number of hydrogen-bond acceptors (Lipinski definition) is 3. The van der Waals surface area contributed by atoms with Gasteiger partial charge in [-0.05, 0) is 0 Å². The van der Waals surface area contributed by atoms with Crippen molar-refractivity contribution >= 4 is 0 Å². The van der Waals surface area contributed by atoms with Gasteiger partial charge in [-0.1, -0.05) is 0 Å². The van der Waals surface area contributed by atoms with Crippen LogP contribution in [-0.4, -0.2) is 32.2 Å². The van der Waals surface area contributed by atoms with Crippen molar-refractivity contribution in [1.82, 2.24) is 0 Å². The van der Waals surface area contributed by atoms with Crippen molar-refractivity contribution < 1.29 is 14.2 Å². The molecule has 0 aromatic heterocycles. The Labute approximate surface area is 53.9 Å². The second-order valence-corrected chi connectivity index (χ2v) is 2.31. The van der Waals surface area contributed by atoms with Gasteiger partial charge in [0.25, 0.3) is 0 Å². The molecule has 0 bridgehead atoms. The van der Waals surface area contributed by atoms with Gasteiger partial charge in [-0.2, -0.15) is 0 Å². The van der Waals surface area contributed by atoms with Crippen LogP contribution in [-0.2, 0) is 14.2 Å². The second-order valence-electron chi connectivity index (χ2n) is 2.31. The third-order valence-electron chi connectivity index (χ3n) is 1.69. The zero-order valence-corrected chi connectivity index (χ0v) is 5.21. The summed E-state index contributed by atoms with van der Waals surface area (Å²) in [5.74, 6) is 0. The summed E-state index contributed by atoms with van der Waals surface area (Å²) in [7, 11) is 0. The molecule has 0 aliphatic carbocycles. The van der Waals surface area contributed by atoms with Gasteiger partial charge in [0.1, 0.15) is 6.10 Å². The minimum Gasteiger partial charge on any atom is -0.373 e. The molecule has 0 spiro atoms. The fourth-order valence-corrected chi connectivity index (χ4v) is 1.06. The summed E-state index contributed by atoms with van der Waals surface area (Å²) in [6, 6.07) is 0. The third kappa shape index (κ3) is 0.956. The quantitative estimate of drug-likeness (QED) is 0.505. The SMILES string of the molecule is C1CC(C2OCCO2)O1. The molecular formula is C6H10O3. The average Bonchev–Trinajstić information content (AvgIpc) is 2.11. The molecule has 52 valence electrons. The topological polar surface area (TPSA) is 27.7 Å². The van der Waals surface area contributed by atoms with Gasteiger partial charge in [0.2, 0.25) is 0 Å². The molecule has 2 aliphatic heterocycles. The lowest BCUT2D eigenvalue weighted by Gasteiger charge is -2.29. The highest BCUT2D eigenvalue weighted by molar-refractivity contribution is 4.72. The normalized spacial score (nSPS) is 36.7. The summed E-state index contributed by atoms with van der Waals surface area (Å²) >= 11 is 0. The van der Waals surface area contributed by atoms with Crippen LogP contribution in [0, 0.1) is 0 Å². The molecule has 0 aromatic rings. The van der Waals surface area contributed by atoms with E-state index in [0.29, 0.717) is 0 Å². The molecule has 0 aromatic carbocycles. The van der Waals surface area contributed by atoms with Gasteiger partial charge in [-0.3, -0.25) is 0 Å². The van der Waals surface area contributed by atoms with Crippen molar-refractivity contribution in [2.45, 2.75) is 18.8 Å². The Kier molecular flexibility index (Phi) is 1.41. The predicted molar refractivity (Wildman–Crippen MR) is 30.0 cm³/mol. The van der Waals surface area contributed by atoms with Crippen LogP contribution >= 0.6 is 0 Å². The zero-order chi connectivity index (χ0) is 6.10. The number of rotatable bonds is 1. The van der Waals surface area contributed by atoms with Crippen LogP contribution in [0.1, 0.15) is 6.42 Å². The van der Waals surface area contributed by atoms with Gasteiger partial charge < -0.3 is 14.2 Å². The molecule has 2 saturated heterocycles. The lowest BCUT2D eigenvalue weighted by Crippen LogP contribution is -2.38. The first kappa shape index (κ1) is 5.65. The standard InChI is InChI=1S/C6H10O3/c1-2-7-5(1)6-8-3-4-9-6/h5-6H,1-4H2. The smallest absolute Gasteiger partial charge is 0.183 e. The van der Waals surface area contributed by atoms with E-state index in [4.69, 9.17) is 14.2 Å². The Bertz CT molecular complexity index is 94.5. The molecule has 3 heteroatoms. The third-order valence-corrected chi connectivity index (χ3v) is 1.69. The molecule has 9 heavy (non-hydrogen) atoms. The van der Waals surface area contributed by atoms with E-state index < -0.39 is 0 Å². The van der Waals surface area contributed by atoms with Gasteiger partial charge >= 0.3 is 0 Å². The van der Waals surface area contributed by atoms with E-state index in [2.05, 4.69) is 0 Å². The molecule has 3 nitrogen and oxygen atoms in total. The van der Waals surface area contributed by atoms with Crippen LogP contribution in [0.4, 0.5) is 0 Å². The van der Waals surface area contributed by atoms with E-state index >= 15 is 0 Å². The van der Waals surface area contributed by atoms with Crippen LogP contribution in [0.5, 0.6) is 0 Å². The van der Waals surface area contributed by atoms with Gasteiger partial charge in [0.05, 0.1) is 13.2 Å². The molecule has 0 saturated carbocycles. The van der Waals surface area contributed by atoms with E-state index in [1.807, 2.05) is 0 Å². The summed E-state index contributed by atoms with van der Waals surface area (Å²) < 4.78 is 15.6. The van der Waals surface area contributed by atoms with Crippen molar-refractivity contribution in [1.29, 1.82) is 0 Å². The van der Waals surface area contributed by atoms with Crippen LogP contribution in [0.3, 0.4) is 0 Å². The predicted octanol–water partition coefficient (Wildman–Crippen LogP) is 0.148. The summed E-state index contributed by atoms with van der Waals surface area (Å²) in [6.45, 7) is 2.32. The molecular weight excluding hydrogens is 120 g/mol. The first-order chi connectivity index (χ1) is 4.47. The zero-order valence-electron chi connectivity index (χ0n) is 5.21. The summed E-state index contributed by atoms with van der Waals surface area (Å²) in [5.41, 5.74) is 0. The first-order valence-corrected chi connectivity index (χ1v) is 3.31. The lowest BCUT2D eigenvalue weighted by molar-refractivity contribution is -0.192. The van der Waals surface area contributed by atoms with Gasteiger partial charge in [-0.25, -0.2) is 0 Å². The van der Waals surface area contributed by atoms with E-state index in [1.165, 1.54) is 0 Å². The van der Waals surface area contributed by atoms with E-state index in [1.54, 1.807) is 0 Å². The Balaban J connectivity index is 1.82. The minimum absolute atomic E-state index is 0.0567. The van der Waals surface area contributed by atoms with Crippen molar-refractivity contribution in [2.75, 3.05) is 19.8 Å². The van der Waals surface area contributed by atoms with Crippen LogP contribution in [0.15, 0.2) is 0 Å². The second kappa shape index (κ2) is 2.25. The molecule has 2 rings (SSSR count). The minimum atomic E-state index is -0.0567. The summed E-state index contributed by atoms with van der Waals surface area (Å²) in [5, 5.41) is 0. The highest BCUT2D eigenvalue weighted by Crippen LogP contribution is 2.20. The molecule has 2 heterocycles. The summed E-state index contributed by atoms with van der Waals surface area (Å²) in [6.07, 6.45) is 1.26. The molecule has 1 unspecified atom stereocenters. The van der Waals surface area contributed by atoms with Gasteiger partial charge in [0.15, 0.2) is 6.29 Å². The molecule has 2 fully saturated rings. The highest BCUT2D eigenvalue weighted by Gasteiger charge is 2.32. The monoisotopic (exact) mass is 130 g/mol. The fraction of sp³-hybridized carbons (Fsp3) is 1.00. The van der Waals surface area contributed by atoms with Crippen molar-refractivity contribution in [3.8, 4) is 0 Å². The molecule has 1 atom stereocenters. The van der Waals surface area contributed by atoms with E-state index in [0.717, 1.165) is 26.2 Å². The average molecular weight is 130 g/mol. The molecule has 0 amide bonds. The maximum Gasteiger partial charge on any atom is 0.183 e. The Hall–Kier alpha value is -0.120. The van der Waals surface area contributed by atoms with Crippen molar-refractivity contribution in [3.63, 3.8) is 0 Å². The maximum atomic E-state index is 5.21. The number of hydrogen-bond donors (Lipinski definition) is 0. The van der Waals surface area contributed by atoms with E-state index in [9.17, 15) is 0 Å². The fourth-order valence-electron chi connectivity index (χ4n) is 1.06. The number of ether oxygens (including phenoxy) is 3. The largest absolute Gasteiger partial charge is 0.373 e. The van der Waals surface area contributed by atoms with E-state index in [-0.39, 0.29) is 12.4 Å². The Morgan fingerprint density at radius 1 is 0.889 bits per heavy atom. The summed E-state index contributed by atoms with van der Waals surface area (Å²) in [4.78, 5) is 0. The molecule has 0 N–H and O–H groups in total. The Morgan fingerprint density at radius 3 is 2.00 bits per heavy atom. The highest BCUT2D eigenvalue weighted by atomic mass is 16.7. The maximum absolute atomic E-state index is 5.21.